The lowest BCUT2D eigenvalue weighted by atomic mass is 10.3. The van der Waals surface area contributed by atoms with Gasteiger partial charge in [-0.2, -0.15) is 0 Å². The molecule has 0 amide bonds. The van der Waals surface area contributed by atoms with E-state index >= 15 is 0 Å². The number of hydrogen-bond donors (Lipinski definition) is 0. The van der Waals surface area contributed by atoms with E-state index in [1.165, 1.54) is 6.42 Å². The third-order valence-electron chi connectivity index (χ3n) is 3.13. The molecule has 0 saturated carbocycles. The molecule has 2 heterocycles. The zero-order valence-corrected chi connectivity index (χ0v) is 15.1. The van der Waals surface area contributed by atoms with E-state index in [9.17, 15) is 0 Å². The molecule has 25 heavy (non-hydrogen) atoms. The van der Waals surface area contributed by atoms with Gasteiger partial charge in [0.05, 0.1) is 26.4 Å². The van der Waals surface area contributed by atoms with Gasteiger partial charge >= 0.3 is 0 Å². The Morgan fingerprint density at radius 3 is 1.44 bits per heavy atom. The summed E-state index contributed by atoms with van der Waals surface area (Å²) in [6.07, 6.45) is 2.03. The zero-order valence-electron chi connectivity index (χ0n) is 15.1. The molecule has 0 bridgehead atoms. The van der Waals surface area contributed by atoms with Crippen molar-refractivity contribution in [1.82, 2.24) is 0 Å². The molecule has 2 atom stereocenters. The van der Waals surface area contributed by atoms with E-state index in [0.717, 1.165) is 37.9 Å². The van der Waals surface area contributed by atoms with Crippen molar-refractivity contribution in [1.29, 1.82) is 0 Å². The lowest BCUT2D eigenvalue weighted by Gasteiger charge is -2.03. The van der Waals surface area contributed by atoms with Crippen LogP contribution in [0.1, 0.15) is 20.3 Å². The summed E-state index contributed by atoms with van der Waals surface area (Å²) < 4.78 is 20.7. The number of benzene rings is 2. The van der Waals surface area contributed by atoms with Crippen LogP contribution < -0.4 is 4.74 Å². The molecular weight excluding hydrogens is 316 g/mol. The standard InChI is InChI=1S/C12H10O.C6H10O3.C3H8/c1-3-7-11(8-4-1)13-12-9-5-2-6-10-12;1(5-3-8-5)7-2-6-4-9-6;1-3-2/h1-10H;5-6H,1-4H2;3H2,1-2H3. The highest BCUT2D eigenvalue weighted by Gasteiger charge is 2.26. The van der Waals surface area contributed by atoms with Crippen LogP contribution in [0, 0.1) is 0 Å². The van der Waals surface area contributed by atoms with E-state index in [-0.39, 0.29) is 0 Å². The van der Waals surface area contributed by atoms with Gasteiger partial charge in [-0.05, 0) is 24.3 Å². The first-order valence-corrected chi connectivity index (χ1v) is 8.90. The molecule has 4 nitrogen and oxygen atoms in total. The molecule has 136 valence electrons. The monoisotopic (exact) mass is 344 g/mol. The Hall–Kier alpha value is -1.88. The highest BCUT2D eigenvalue weighted by Crippen LogP contribution is 2.19. The second kappa shape index (κ2) is 11.6. The molecule has 4 heteroatoms. The fraction of sp³-hybridized carbons (Fsp3) is 0.429. The number of hydrogen-bond acceptors (Lipinski definition) is 4. The maximum atomic E-state index is 5.58. The van der Waals surface area contributed by atoms with Crippen molar-refractivity contribution in [3.8, 4) is 11.5 Å². The summed E-state index contributed by atoms with van der Waals surface area (Å²) in [7, 11) is 0. The SMILES string of the molecule is C(OCC1CO1)C1CO1.CCC.c1ccc(Oc2ccccc2)cc1. The van der Waals surface area contributed by atoms with E-state index in [1.807, 2.05) is 60.7 Å². The minimum absolute atomic E-state index is 0.392. The number of epoxide rings is 2. The molecule has 2 aliphatic rings. The average Bonchev–Trinajstić information content (AvgIpc) is 3.54. The first-order chi connectivity index (χ1) is 12.3. The number of rotatable bonds is 6. The van der Waals surface area contributed by atoms with Crippen molar-refractivity contribution in [2.75, 3.05) is 26.4 Å². The van der Waals surface area contributed by atoms with Gasteiger partial charge in [0.25, 0.3) is 0 Å². The van der Waals surface area contributed by atoms with Crippen LogP contribution in [-0.4, -0.2) is 38.6 Å². The second-order valence-corrected chi connectivity index (χ2v) is 5.88. The Labute approximate surface area is 150 Å². The Morgan fingerprint density at radius 1 is 0.760 bits per heavy atom. The number of ether oxygens (including phenoxy) is 4. The average molecular weight is 344 g/mol. The van der Waals surface area contributed by atoms with Crippen LogP contribution in [0.3, 0.4) is 0 Å². The highest BCUT2D eigenvalue weighted by atomic mass is 16.6. The predicted octanol–water partition coefficient (Wildman–Crippen LogP) is 4.70. The van der Waals surface area contributed by atoms with Gasteiger partial charge < -0.3 is 18.9 Å². The molecule has 2 saturated heterocycles. The molecule has 2 aromatic rings. The maximum Gasteiger partial charge on any atom is 0.127 e. The van der Waals surface area contributed by atoms with Crippen molar-refractivity contribution in [3.05, 3.63) is 60.7 Å². The Balaban J connectivity index is 0.000000163. The third-order valence-corrected chi connectivity index (χ3v) is 3.13. The molecule has 0 spiro atoms. The van der Waals surface area contributed by atoms with Crippen LogP contribution >= 0.6 is 0 Å². The first kappa shape index (κ1) is 19.4. The molecule has 4 rings (SSSR count). The summed E-state index contributed by atoms with van der Waals surface area (Å²) >= 11 is 0. The zero-order chi connectivity index (χ0) is 17.7. The van der Waals surface area contributed by atoms with E-state index in [1.54, 1.807) is 0 Å². The quantitative estimate of drug-likeness (QED) is 0.713. The van der Waals surface area contributed by atoms with Gasteiger partial charge in [0, 0.05) is 0 Å². The molecule has 0 aliphatic carbocycles. The van der Waals surface area contributed by atoms with E-state index in [0.29, 0.717) is 12.2 Å². The smallest absolute Gasteiger partial charge is 0.127 e. The Kier molecular flexibility index (Phi) is 9.05. The van der Waals surface area contributed by atoms with Crippen molar-refractivity contribution < 1.29 is 18.9 Å². The molecule has 2 aliphatic heterocycles. The van der Waals surface area contributed by atoms with E-state index in [2.05, 4.69) is 13.8 Å². The van der Waals surface area contributed by atoms with Crippen LogP contribution in [-0.2, 0) is 14.2 Å². The van der Waals surface area contributed by atoms with Crippen LogP contribution in [0.25, 0.3) is 0 Å². The summed E-state index contributed by atoms with van der Waals surface area (Å²) in [5.74, 6) is 1.74. The van der Waals surface area contributed by atoms with Gasteiger partial charge in [-0.3, -0.25) is 0 Å². The van der Waals surface area contributed by atoms with Gasteiger partial charge in [-0.25, -0.2) is 0 Å². The Bertz CT molecular complexity index is 501. The summed E-state index contributed by atoms with van der Waals surface area (Å²) in [5, 5.41) is 0. The van der Waals surface area contributed by atoms with Crippen LogP contribution in [0.2, 0.25) is 0 Å². The molecular formula is C21H28O4. The van der Waals surface area contributed by atoms with Crippen molar-refractivity contribution in [2.45, 2.75) is 32.5 Å². The summed E-state index contributed by atoms with van der Waals surface area (Å²) in [6, 6.07) is 19.5. The lowest BCUT2D eigenvalue weighted by Crippen LogP contribution is -2.06. The van der Waals surface area contributed by atoms with Gasteiger partial charge in [0.1, 0.15) is 23.7 Å². The van der Waals surface area contributed by atoms with Gasteiger partial charge in [-0.15, -0.1) is 0 Å². The summed E-state index contributed by atoms with van der Waals surface area (Å²) in [4.78, 5) is 0. The van der Waals surface area contributed by atoms with Gasteiger partial charge in [0.2, 0.25) is 0 Å². The minimum atomic E-state index is 0.392. The molecule has 2 unspecified atom stereocenters. The van der Waals surface area contributed by atoms with Crippen LogP contribution in [0.15, 0.2) is 60.7 Å². The Morgan fingerprint density at radius 2 is 1.12 bits per heavy atom. The second-order valence-electron chi connectivity index (χ2n) is 5.88. The third kappa shape index (κ3) is 9.87. The molecule has 0 N–H and O–H groups in total. The number of para-hydroxylation sites is 2. The maximum absolute atomic E-state index is 5.58. The minimum Gasteiger partial charge on any atom is -0.457 e. The van der Waals surface area contributed by atoms with Crippen molar-refractivity contribution >= 4 is 0 Å². The molecule has 2 aromatic carbocycles. The lowest BCUT2D eigenvalue weighted by molar-refractivity contribution is 0.102. The largest absolute Gasteiger partial charge is 0.457 e. The fourth-order valence-electron chi connectivity index (χ4n) is 1.77. The van der Waals surface area contributed by atoms with Crippen molar-refractivity contribution in [3.63, 3.8) is 0 Å². The van der Waals surface area contributed by atoms with Crippen molar-refractivity contribution in [2.24, 2.45) is 0 Å². The normalized spacial score (nSPS) is 19.6. The topological polar surface area (TPSA) is 43.5 Å². The molecule has 0 radical (unpaired) electrons. The van der Waals surface area contributed by atoms with Crippen LogP contribution in [0.5, 0.6) is 11.5 Å². The van der Waals surface area contributed by atoms with Gasteiger partial charge in [-0.1, -0.05) is 56.7 Å². The highest BCUT2D eigenvalue weighted by molar-refractivity contribution is 5.30. The first-order valence-electron chi connectivity index (χ1n) is 8.90. The summed E-state index contributed by atoms with van der Waals surface area (Å²) in [5.41, 5.74) is 0. The molecule has 0 aromatic heterocycles. The van der Waals surface area contributed by atoms with E-state index in [4.69, 9.17) is 18.9 Å². The fourth-order valence-corrected chi connectivity index (χ4v) is 1.77. The van der Waals surface area contributed by atoms with Gasteiger partial charge in [0.15, 0.2) is 0 Å². The van der Waals surface area contributed by atoms with E-state index < -0.39 is 0 Å². The summed E-state index contributed by atoms with van der Waals surface area (Å²) in [6.45, 7) is 7.51. The predicted molar refractivity (Wildman–Crippen MR) is 99.2 cm³/mol. The molecule has 2 fully saturated rings. The van der Waals surface area contributed by atoms with Crippen LogP contribution in [0.4, 0.5) is 0 Å².